The fourth-order valence-corrected chi connectivity index (χ4v) is 1.95. The Balaban J connectivity index is 2.04. The topological polar surface area (TPSA) is 80.5 Å². The van der Waals surface area contributed by atoms with E-state index in [0.717, 1.165) is 0 Å². The predicted molar refractivity (Wildman–Crippen MR) is 80.0 cm³/mol. The van der Waals surface area contributed by atoms with Crippen molar-refractivity contribution in [3.05, 3.63) is 62.9 Å². The van der Waals surface area contributed by atoms with Crippen molar-refractivity contribution in [2.45, 2.75) is 0 Å². The Morgan fingerprint density at radius 3 is 2.57 bits per heavy atom. The van der Waals surface area contributed by atoms with Crippen LogP contribution in [-0.4, -0.2) is 24.7 Å². The van der Waals surface area contributed by atoms with Gasteiger partial charge in [0, 0.05) is 11.2 Å². The van der Waals surface area contributed by atoms with E-state index in [1.807, 2.05) is 0 Å². The highest BCUT2D eigenvalue weighted by Crippen LogP contribution is 2.10. The summed E-state index contributed by atoms with van der Waals surface area (Å²) >= 11 is 5.84. The van der Waals surface area contributed by atoms with Crippen LogP contribution in [0.5, 0.6) is 0 Å². The Labute approximate surface area is 123 Å². The first kappa shape index (κ1) is 13.2. The minimum absolute atomic E-state index is 0.220. The molecule has 0 amide bonds. The average Bonchev–Trinajstić information content (AvgIpc) is 3.07. The summed E-state index contributed by atoms with van der Waals surface area (Å²) in [6, 6.07) is 6.92. The molecule has 3 rings (SSSR count). The number of hydrogen-bond acceptors (Lipinski definition) is 4. The molecule has 1 aromatic carbocycles. The zero-order valence-corrected chi connectivity index (χ0v) is 11.6. The summed E-state index contributed by atoms with van der Waals surface area (Å²) < 4.78 is 2.91. The largest absolute Gasteiger partial charge is 0.298 e. The van der Waals surface area contributed by atoms with E-state index in [1.165, 1.54) is 28.2 Å². The van der Waals surface area contributed by atoms with E-state index in [4.69, 9.17) is 11.6 Å². The van der Waals surface area contributed by atoms with Crippen LogP contribution in [0.15, 0.2) is 41.7 Å². The number of rotatable bonds is 3. The Morgan fingerprint density at radius 1 is 1.24 bits per heavy atom. The molecular weight excluding hydrogens is 292 g/mol. The molecule has 0 spiro atoms. The number of aromatic nitrogens is 5. The smallest absolute Gasteiger partial charge is 0.280 e. The number of hydrogen-bond donors (Lipinski definition) is 2. The quantitative estimate of drug-likeness (QED) is 0.702. The molecule has 2 aromatic heterocycles. The van der Waals surface area contributed by atoms with Crippen LogP contribution in [0.25, 0.3) is 18.5 Å². The second kappa shape index (κ2) is 5.29. The molecular formula is C13H11ClN6O. The summed E-state index contributed by atoms with van der Waals surface area (Å²) in [4.78, 5) is 12.4. The number of nitrogens with zero attached hydrogens (tertiary/aromatic N) is 4. The summed E-state index contributed by atoms with van der Waals surface area (Å²) in [6.45, 7) is 3.83. The fourth-order valence-electron chi connectivity index (χ4n) is 1.82. The molecule has 2 N–H and O–H groups in total. The molecule has 106 valence electrons. The molecule has 0 bridgehead atoms. The lowest BCUT2D eigenvalue weighted by Gasteiger charge is -2.00. The van der Waals surface area contributed by atoms with Crippen molar-refractivity contribution in [1.29, 1.82) is 0 Å². The van der Waals surface area contributed by atoms with E-state index in [0.29, 0.717) is 21.3 Å². The Morgan fingerprint density at radius 2 is 1.90 bits per heavy atom. The second-order valence-electron chi connectivity index (χ2n) is 4.26. The lowest BCUT2D eigenvalue weighted by Crippen LogP contribution is -2.35. The lowest BCUT2D eigenvalue weighted by molar-refractivity contribution is 0.838. The summed E-state index contributed by atoms with van der Waals surface area (Å²) in [5, 5.41) is 11.7. The van der Waals surface area contributed by atoms with Gasteiger partial charge < -0.3 is 0 Å². The van der Waals surface area contributed by atoms with Crippen molar-refractivity contribution in [2.24, 2.45) is 0 Å². The zero-order chi connectivity index (χ0) is 14.8. The molecule has 7 nitrogen and oxygen atoms in total. The van der Waals surface area contributed by atoms with Gasteiger partial charge in [-0.15, -0.1) is 10.2 Å². The lowest BCUT2D eigenvalue weighted by atomic mass is 10.3. The van der Waals surface area contributed by atoms with Gasteiger partial charge in [-0.05, 0) is 24.3 Å². The zero-order valence-electron chi connectivity index (χ0n) is 10.8. The molecule has 3 aromatic rings. The molecule has 0 atom stereocenters. The molecule has 0 aliphatic heterocycles. The molecule has 0 saturated carbocycles. The number of benzene rings is 1. The first-order valence-corrected chi connectivity index (χ1v) is 6.40. The molecule has 8 heteroatoms. The van der Waals surface area contributed by atoms with Crippen molar-refractivity contribution >= 4 is 24.4 Å². The van der Waals surface area contributed by atoms with Gasteiger partial charge in [-0.2, -0.15) is 0 Å². The Kier molecular flexibility index (Phi) is 3.33. The van der Waals surface area contributed by atoms with Crippen LogP contribution in [0.4, 0.5) is 0 Å². The normalized spacial score (nSPS) is 11.8. The molecule has 0 radical (unpaired) electrons. The monoisotopic (exact) mass is 302 g/mol. The number of aromatic amines is 1. The molecule has 0 aliphatic carbocycles. The first-order chi connectivity index (χ1) is 10.1. The van der Waals surface area contributed by atoms with Crippen LogP contribution in [0.1, 0.15) is 0 Å². The number of halogens is 1. The molecule has 0 aliphatic rings. The van der Waals surface area contributed by atoms with Gasteiger partial charge in [-0.25, -0.2) is 9.36 Å². The van der Waals surface area contributed by atoms with Crippen molar-refractivity contribution in [3.63, 3.8) is 0 Å². The van der Waals surface area contributed by atoms with E-state index in [1.54, 1.807) is 24.3 Å². The fraction of sp³-hybridized carbons (Fsp3) is 0. The van der Waals surface area contributed by atoms with Crippen molar-refractivity contribution in [3.8, 4) is 5.69 Å². The maximum atomic E-state index is 12.4. The third-order valence-electron chi connectivity index (χ3n) is 2.87. The van der Waals surface area contributed by atoms with Crippen LogP contribution in [0.2, 0.25) is 5.02 Å². The molecule has 0 saturated heterocycles. The molecule has 2 heterocycles. The van der Waals surface area contributed by atoms with E-state index < -0.39 is 0 Å². The Hall–Kier alpha value is -2.80. The van der Waals surface area contributed by atoms with E-state index >= 15 is 0 Å². The van der Waals surface area contributed by atoms with E-state index in [2.05, 4.69) is 27.3 Å². The van der Waals surface area contributed by atoms with Gasteiger partial charge in [0.1, 0.15) is 12.7 Å². The van der Waals surface area contributed by atoms with Gasteiger partial charge >= 0.3 is 0 Å². The predicted octanol–water partition coefficient (Wildman–Crippen LogP) is -0.198. The maximum absolute atomic E-state index is 12.4. The summed E-state index contributed by atoms with van der Waals surface area (Å²) in [6.07, 6.45) is 4.49. The summed E-state index contributed by atoms with van der Waals surface area (Å²) in [5.41, 5.74) is 3.33. The highest BCUT2D eigenvalue weighted by Gasteiger charge is 2.04. The average molecular weight is 303 g/mol. The van der Waals surface area contributed by atoms with E-state index in [-0.39, 0.29) is 5.56 Å². The van der Waals surface area contributed by atoms with Gasteiger partial charge in [-0.1, -0.05) is 18.2 Å². The van der Waals surface area contributed by atoms with Crippen molar-refractivity contribution < 1.29 is 0 Å². The van der Waals surface area contributed by atoms with Crippen LogP contribution in [0, 0.1) is 0 Å². The van der Waals surface area contributed by atoms with Crippen LogP contribution in [-0.2, 0) is 0 Å². The first-order valence-electron chi connectivity index (χ1n) is 6.02. The molecule has 0 fully saturated rings. The SMILES string of the molecule is C=c1[nH]n(-c2ccc(Cl)cc2)c(=O)/c1=C\Nn1cnnc1. The molecule has 0 unspecified atom stereocenters. The van der Waals surface area contributed by atoms with Crippen LogP contribution in [0.3, 0.4) is 0 Å². The number of nitrogens with one attached hydrogen (secondary N) is 2. The minimum Gasteiger partial charge on any atom is -0.298 e. The van der Waals surface area contributed by atoms with Crippen molar-refractivity contribution in [1.82, 2.24) is 24.7 Å². The van der Waals surface area contributed by atoms with E-state index in [9.17, 15) is 4.79 Å². The highest BCUT2D eigenvalue weighted by atomic mass is 35.5. The third kappa shape index (κ3) is 2.59. The molecule has 21 heavy (non-hydrogen) atoms. The number of H-pyrrole nitrogens is 1. The second-order valence-corrected chi connectivity index (χ2v) is 4.70. The highest BCUT2D eigenvalue weighted by molar-refractivity contribution is 6.30. The summed E-state index contributed by atoms with van der Waals surface area (Å²) in [5.74, 6) is 0. The van der Waals surface area contributed by atoms with Gasteiger partial charge in [0.25, 0.3) is 5.56 Å². The van der Waals surface area contributed by atoms with Crippen LogP contribution < -0.4 is 21.6 Å². The van der Waals surface area contributed by atoms with Gasteiger partial charge in [0.05, 0.1) is 16.3 Å². The minimum atomic E-state index is -0.220. The Bertz CT molecular complexity index is 907. The maximum Gasteiger partial charge on any atom is 0.280 e. The summed E-state index contributed by atoms with van der Waals surface area (Å²) in [7, 11) is 0. The van der Waals surface area contributed by atoms with Crippen molar-refractivity contribution in [2.75, 3.05) is 5.43 Å². The van der Waals surface area contributed by atoms with Crippen LogP contribution >= 0.6 is 11.6 Å². The van der Waals surface area contributed by atoms with Gasteiger partial charge in [0.15, 0.2) is 0 Å². The third-order valence-corrected chi connectivity index (χ3v) is 3.12. The van der Waals surface area contributed by atoms with Gasteiger partial charge in [-0.3, -0.25) is 15.3 Å². The van der Waals surface area contributed by atoms with Gasteiger partial charge in [0.2, 0.25) is 0 Å². The standard InChI is InChI=1S/C13H11ClN6O/c1-9-12(6-17-19-7-15-16-8-19)13(21)20(18-9)11-4-2-10(14)3-5-11/h2-8,17-18H,1H2/b12-6-.